The fourth-order valence-corrected chi connectivity index (χ4v) is 2.15. The first-order valence-electron chi connectivity index (χ1n) is 5.10. The summed E-state index contributed by atoms with van der Waals surface area (Å²) in [6.45, 7) is 3.60. The first kappa shape index (κ1) is 11.3. The fourth-order valence-electron chi connectivity index (χ4n) is 1.43. The summed E-state index contributed by atoms with van der Waals surface area (Å²) < 4.78 is 13.7. The van der Waals surface area contributed by atoms with Gasteiger partial charge < -0.3 is 0 Å². The minimum Gasteiger partial charge on any atom is -0.251 e. The quantitative estimate of drug-likeness (QED) is 0.607. The third-order valence-electron chi connectivity index (χ3n) is 2.11. The summed E-state index contributed by atoms with van der Waals surface area (Å²) in [4.78, 5) is 8.57. The van der Waals surface area contributed by atoms with Crippen molar-refractivity contribution in [1.82, 2.24) is 19.6 Å². The second-order valence-corrected chi connectivity index (χ2v) is 4.60. The first-order valence-corrected chi connectivity index (χ1v) is 6.09. The summed E-state index contributed by atoms with van der Waals surface area (Å²) in [5.41, 5.74) is 1.94. The molecule has 2 rings (SSSR count). The molecule has 0 aliphatic carbocycles. The van der Waals surface area contributed by atoms with Crippen molar-refractivity contribution in [3.8, 4) is 0 Å². The van der Waals surface area contributed by atoms with Crippen molar-refractivity contribution >= 4 is 17.5 Å². The van der Waals surface area contributed by atoms with Crippen LogP contribution in [0.5, 0.6) is 0 Å². The maximum absolute atomic E-state index is 11.9. The van der Waals surface area contributed by atoms with E-state index in [0.717, 1.165) is 11.4 Å². The van der Waals surface area contributed by atoms with Crippen molar-refractivity contribution in [2.45, 2.75) is 25.4 Å². The maximum Gasteiger partial charge on any atom is 0.253 e. The predicted octanol–water partition coefficient (Wildman–Crippen LogP) is 2.19. The molecule has 0 atom stereocenters. The van der Waals surface area contributed by atoms with Gasteiger partial charge in [0, 0.05) is 17.1 Å². The van der Waals surface area contributed by atoms with Gasteiger partial charge in [-0.25, -0.2) is 9.50 Å². The zero-order valence-electron chi connectivity index (χ0n) is 9.27. The van der Waals surface area contributed by atoms with E-state index in [2.05, 4.69) is 15.1 Å². The number of halogens is 1. The van der Waals surface area contributed by atoms with Gasteiger partial charge in [-0.3, -0.25) is 4.39 Å². The highest BCUT2D eigenvalue weighted by Crippen LogP contribution is 2.15. The summed E-state index contributed by atoms with van der Waals surface area (Å²) in [5, 5.41) is 4.97. The van der Waals surface area contributed by atoms with Crippen LogP contribution < -0.4 is 0 Å². The highest BCUT2D eigenvalue weighted by atomic mass is 32.2. The van der Waals surface area contributed by atoms with E-state index >= 15 is 0 Å². The van der Waals surface area contributed by atoms with Crippen LogP contribution in [-0.4, -0.2) is 32.0 Å². The van der Waals surface area contributed by atoms with E-state index in [1.165, 1.54) is 11.8 Å². The Kier molecular flexibility index (Phi) is 3.38. The van der Waals surface area contributed by atoms with Gasteiger partial charge in [-0.05, 0) is 26.3 Å². The molecule has 0 spiro atoms. The van der Waals surface area contributed by atoms with Gasteiger partial charge in [0.15, 0.2) is 0 Å². The van der Waals surface area contributed by atoms with E-state index in [0.29, 0.717) is 23.1 Å². The number of rotatable bonds is 4. The number of hydrogen-bond acceptors (Lipinski definition) is 4. The Hall–Kier alpha value is -1.17. The smallest absolute Gasteiger partial charge is 0.251 e. The van der Waals surface area contributed by atoms with Crippen LogP contribution in [-0.2, 0) is 0 Å². The predicted molar refractivity (Wildman–Crippen MR) is 61.6 cm³/mol. The molecule has 2 aromatic heterocycles. The van der Waals surface area contributed by atoms with Gasteiger partial charge in [0.05, 0.1) is 6.67 Å². The van der Waals surface area contributed by atoms with E-state index in [-0.39, 0.29) is 6.67 Å². The highest BCUT2D eigenvalue weighted by molar-refractivity contribution is 7.99. The van der Waals surface area contributed by atoms with Gasteiger partial charge in [-0.15, -0.1) is 5.10 Å². The van der Waals surface area contributed by atoms with E-state index in [9.17, 15) is 4.39 Å². The number of aromatic nitrogens is 4. The molecule has 0 fully saturated rings. The molecule has 2 aromatic rings. The van der Waals surface area contributed by atoms with E-state index in [1.807, 2.05) is 19.9 Å². The highest BCUT2D eigenvalue weighted by Gasteiger charge is 2.07. The summed E-state index contributed by atoms with van der Waals surface area (Å²) in [7, 11) is 0. The minimum atomic E-state index is -0.295. The van der Waals surface area contributed by atoms with Crippen molar-refractivity contribution < 1.29 is 4.39 Å². The Bertz CT molecular complexity index is 497. The Morgan fingerprint density at radius 2 is 2.19 bits per heavy atom. The lowest BCUT2D eigenvalue weighted by molar-refractivity contribution is 0.489. The molecule has 16 heavy (non-hydrogen) atoms. The second-order valence-electron chi connectivity index (χ2n) is 3.54. The van der Waals surface area contributed by atoms with Crippen molar-refractivity contribution in [3.05, 3.63) is 17.5 Å². The third-order valence-corrected chi connectivity index (χ3v) is 3.03. The molecule has 6 heteroatoms. The van der Waals surface area contributed by atoms with Gasteiger partial charge in [-0.1, -0.05) is 11.8 Å². The second kappa shape index (κ2) is 4.78. The van der Waals surface area contributed by atoms with Crippen molar-refractivity contribution in [1.29, 1.82) is 0 Å². The summed E-state index contributed by atoms with van der Waals surface area (Å²) >= 11 is 1.46. The fraction of sp³-hybridized carbons (Fsp3) is 0.500. The van der Waals surface area contributed by atoms with Crippen molar-refractivity contribution in [2.75, 3.05) is 12.4 Å². The summed E-state index contributed by atoms with van der Waals surface area (Å²) in [5.74, 6) is 1.31. The average molecular weight is 240 g/mol. The minimum absolute atomic E-state index is 0.295. The summed E-state index contributed by atoms with van der Waals surface area (Å²) in [6, 6.07) is 1.96. The van der Waals surface area contributed by atoms with E-state index in [1.54, 1.807) is 4.52 Å². The molecule has 0 saturated carbocycles. The molecule has 0 unspecified atom stereocenters. The molecule has 86 valence electrons. The number of alkyl halides is 1. The van der Waals surface area contributed by atoms with E-state index < -0.39 is 0 Å². The van der Waals surface area contributed by atoms with E-state index in [4.69, 9.17) is 0 Å². The van der Waals surface area contributed by atoms with Gasteiger partial charge in [0.25, 0.3) is 5.78 Å². The molecule has 0 amide bonds. The van der Waals surface area contributed by atoms with Crippen LogP contribution in [0.15, 0.2) is 11.2 Å². The summed E-state index contributed by atoms with van der Waals surface area (Å²) in [6.07, 6.45) is 0.533. The number of fused-ring (bicyclic) bond motifs is 1. The zero-order chi connectivity index (χ0) is 11.5. The molecule has 2 heterocycles. The van der Waals surface area contributed by atoms with Crippen LogP contribution in [0.3, 0.4) is 0 Å². The zero-order valence-corrected chi connectivity index (χ0v) is 10.1. The lowest BCUT2D eigenvalue weighted by Gasteiger charge is -1.97. The lowest BCUT2D eigenvalue weighted by atomic mass is 10.4. The van der Waals surface area contributed by atoms with Crippen LogP contribution >= 0.6 is 11.8 Å². The number of thioether (sulfide) groups is 1. The Morgan fingerprint density at radius 3 is 2.94 bits per heavy atom. The lowest BCUT2D eigenvalue weighted by Crippen LogP contribution is -1.97. The van der Waals surface area contributed by atoms with Crippen LogP contribution in [0.4, 0.5) is 4.39 Å². The molecular weight excluding hydrogens is 227 g/mol. The number of aryl methyl sites for hydroxylation is 2. The largest absolute Gasteiger partial charge is 0.253 e. The van der Waals surface area contributed by atoms with Gasteiger partial charge in [0.1, 0.15) is 0 Å². The molecular formula is C10H13FN4S. The monoisotopic (exact) mass is 240 g/mol. The van der Waals surface area contributed by atoms with Gasteiger partial charge in [-0.2, -0.15) is 4.98 Å². The Morgan fingerprint density at radius 1 is 1.38 bits per heavy atom. The van der Waals surface area contributed by atoms with Crippen LogP contribution in [0.1, 0.15) is 17.8 Å². The molecule has 0 aliphatic heterocycles. The standard InChI is InChI=1S/C10H13FN4S/c1-7-6-8(2)15-9(12-7)13-10(14-15)16-5-3-4-11/h6H,3-5H2,1-2H3. The Labute approximate surface area is 97.3 Å². The molecule has 0 aliphatic rings. The van der Waals surface area contributed by atoms with Gasteiger partial charge in [0.2, 0.25) is 5.16 Å². The Balaban J connectivity index is 2.26. The molecule has 0 saturated heterocycles. The topological polar surface area (TPSA) is 43.1 Å². The van der Waals surface area contributed by atoms with Gasteiger partial charge >= 0.3 is 0 Å². The maximum atomic E-state index is 11.9. The van der Waals surface area contributed by atoms with Crippen LogP contribution in [0.25, 0.3) is 5.78 Å². The first-order chi connectivity index (χ1) is 7.70. The van der Waals surface area contributed by atoms with Crippen molar-refractivity contribution in [2.24, 2.45) is 0 Å². The molecule has 0 N–H and O–H groups in total. The number of nitrogens with zero attached hydrogens (tertiary/aromatic N) is 4. The molecule has 4 nitrogen and oxygen atoms in total. The van der Waals surface area contributed by atoms with Crippen LogP contribution in [0, 0.1) is 13.8 Å². The third kappa shape index (κ3) is 2.32. The molecule has 0 bridgehead atoms. The normalized spacial score (nSPS) is 11.2. The van der Waals surface area contributed by atoms with Crippen LogP contribution in [0.2, 0.25) is 0 Å². The molecule has 0 aromatic carbocycles. The average Bonchev–Trinajstić information content (AvgIpc) is 2.61. The molecule has 0 radical (unpaired) electrons. The number of hydrogen-bond donors (Lipinski definition) is 0. The SMILES string of the molecule is Cc1cc(C)n2nc(SCCCF)nc2n1. The van der Waals surface area contributed by atoms with Crippen molar-refractivity contribution in [3.63, 3.8) is 0 Å².